The Balaban J connectivity index is 1.67. The third-order valence-electron chi connectivity index (χ3n) is 4.95. The number of amides is 1. The van der Waals surface area contributed by atoms with Crippen LogP contribution in [0.25, 0.3) is 0 Å². The predicted molar refractivity (Wildman–Crippen MR) is 102 cm³/mol. The molecule has 31 heavy (non-hydrogen) atoms. The minimum atomic E-state index is -4.58. The molecule has 1 aromatic carbocycles. The summed E-state index contributed by atoms with van der Waals surface area (Å²) in [7, 11) is -4.20. The minimum Gasteiger partial charge on any atom is -0.474 e. The third-order valence-corrected chi connectivity index (χ3v) is 6.78. The lowest BCUT2D eigenvalue weighted by Crippen LogP contribution is -2.41. The smallest absolute Gasteiger partial charge is 0.416 e. The molecule has 2 aliphatic rings. The number of hydrogen-bond donors (Lipinski definition) is 0. The molecule has 1 saturated heterocycles. The Morgan fingerprint density at radius 3 is 2.35 bits per heavy atom. The van der Waals surface area contributed by atoms with E-state index in [1.54, 1.807) is 4.90 Å². The van der Waals surface area contributed by atoms with Gasteiger partial charge >= 0.3 is 6.18 Å². The fourth-order valence-corrected chi connectivity index (χ4v) is 4.77. The van der Waals surface area contributed by atoms with E-state index in [4.69, 9.17) is 9.47 Å². The van der Waals surface area contributed by atoms with Gasteiger partial charge in [0.05, 0.1) is 35.8 Å². The summed E-state index contributed by atoms with van der Waals surface area (Å²) in [5.74, 6) is -0.295. The number of hydrogen-bond acceptors (Lipinski definition) is 6. The fourth-order valence-electron chi connectivity index (χ4n) is 3.33. The molecule has 166 valence electrons. The summed E-state index contributed by atoms with van der Waals surface area (Å²) in [4.78, 5) is 18.1. The number of carbonyl (C=O) groups excluding carboxylic acids is 1. The molecule has 8 nitrogen and oxygen atoms in total. The highest BCUT2D eigenvalue weighted by Gasteiger charge is 2.34. The summed E-state index contributed by atoms with van der Waals surface area (Å²) < 4.78 is 76.4. The maximum absolute atomic E-state index is 13.1. The summed E-state index contributed by atoms with van der Waals surface area (Å²) in [5.41, 5.74) is -0.710. The zero-order chi connectivity index (χ0) is 22.2. The van der Waals surface area contributed by atoms with Crippen molar-refractivity contribution in [2.24, 2.45) is 0 Å². The third kappa shape index (κ3) is 4.17. The number of halogens is 3. The van der Waals surface area contributed by atoms with Gasteiger partial charge in [-0.05, 0) is 30.3 Å². The van der Waals surface area contributed by atoms with Gasteiger partial charge < -0.3 is 14.4 Å². The van der Waals surface area contributed by atoms with Gasteiger partial charge in [-0.3, -0.25) is 9.10 Å². The van der Waals surface area contributed by atoms with Crippen molar-refractivity contribution in [3.05, 3.63) is 47.7 Å². The summed E-state index contributed by atoms with van der Waals surface area (Å²) in [6, 6.07) is 4.61. The second-order valence-electron chi connectivity index (χ2n) is 6.90. The lowest BCUT2D eigenvalue weighted by Gasteiger charge is -2.31. The summed E-state index contributed by atoms with van der Waals surface area (Å²) in [6.45, 7) is 1.55. The molecule has 0 saturated carbocycles. The minimum absolute atomic E-state index is 0.0105. The Bertz CT molecular complexity index is 1080. The molecule has 2 aromatic rings. The van der Waals surface area contributed by atoms with Gasteiger partial charge in [-0.25, -0.2) is 13.4 Å². The normalized spacial score (nSPS) is 17.1. The predicted octanol–water partition coefficient (Wildman–Crippen LogP) is 2.16. The van der Waals surface area contributed by atoms with Crippen molar-refractivity contribution in [3.8, 4) is 5.88 Å². The Labute approximate surface area is 176 Å². The zero-order valence-corrected chi connectivity index (χ0v) is 16.9. The van der Waals surface area contributed by atoms with Crippen molar-refractivity contribution in [2.45, 2.75) is 11.1 Å². The van der Waals surface area contributed by atoms with Crippen LogP contribution in [0.2, 0.25) is 0 Å². The molecule has 1 aromatic heterocycles. The van der Waals surface area contributed by atoms with E-state index in [0.717, 1.165) is 16.4 Å². The summed E-state index contributed by atoms with van der Waals surface area (Å²) in [6.07, 6.45) is -3.27. The highest BCUT2D eigenvalue weighted by Crippen LogP contribution is 2.35. The average Bonchev–Trinajstić information content (AvgIpc) is 2.78. The molecule has 0 bridgehead atoms. The molecule has 4 rings (SSSR count). The van der Waals surface area contributed by atoms with Crippen molar-refractivity contribution >= 4 is 21.6 Å². The lowest BCUT2D eigenvalue weighted by atomic mass is 10.2. The molecule has 2 aliphatic heterocycles. The molecule has 3 heterocycles. The van der Waals surface area contributed by atoms with Crippen LogP contribution in [0, 0.1) is 0 Å². The largest absolute Gasteiger partial charge is 0.474 e. The van der Waals surface area contributed by atoms with E-state index in [0.29, 0.717) is 38.4 Å². The maximum atomic E-state index is 13.1. The van der Waals surface area contributed by atoms with Crippen molar-refractivity contribution in [3.63, 3.8) is 0 Å². The molecule has 1 fully saturated rings. The van der Waals surface area contributed by atoms with Gasteiger partial charge in [0.1, 0.15) is 12.3 Å². The molecular formula is C19H18F3N3O5S. The number of ether oxygens (including phenoxy) is 2. The highest BCUT2D eigenvalue weighted by atomic mass is 32.2. The van der Waals surface area contributed by atoms with E-state index in [2.05, 4.69) is 4.98 Å². The lowest BCUT2D eigenvalue weighted by molar-refractivity contribution is -0.137. The number of pyridine rings is 1. The topological polar surface area (TPSA) is 89.0 Å². The number of nitrogens with zero attached hydrogens (tertiary/aromatic N) is 3. The van der Waals surface area contributed by atoms with Crippen LogP contribution in [0.3, 0.4) is 0 Å². The first-order chi connectivity index (χ1) is 14.7. The van der Waals surface area contributed by atoms with Crippen LogP contribution >= 0.6 is 0 Å². The monoisotopic (exact) mass is 457 g/mol. The molecule has 0 N–H and O–H groups in total. The number of sulfonamides is 1. The van der Waals surface area contributed by atoms with Crippen LogP contribution in [0.15, 0.2) is 41.4 Å². The second kappa shape index (κ2) is 8.00. The van der Waals surface area contributed by atoms with Crippen LogP contribution in [0.4, 0.5) is 18.9 Å². The first-order valence-corrected chi connectivity index (χ1v) is 10.8. The number of anilines is 1. The van der Waals surface area contributed by atoms with Crippen LogP contribution in [0.1, 0.15) is 15.9 Å². The van der Waals surface area contributed by atoms with Crippen LogP contribution in [0.5, 0.6) is 5.88 Å². The van der Waals surface area contributed by atoms with Gasteiger partial charge in [0.2, 0.25) is 5.88 Å². The highest BCUT2D eigenvalue weighted by molar-refractivity contribution is 7.92. The van der Waals surface area contributed by atoms with Gasteiger partial charge in [-0.15, -0.1) is 0 Å². The number of alkyl halides is 3. The van der Waals surface area contributed by atoms with Gasteiger partial charge in [-0.1, -0.05) is 0 Å². The van der Waals surface area contributed by atoms with E-state index in [1.807, 2.05) is 0 Å². The first-order valence-electron chi connectivity index (χ1n) is 9.38. The molecule has 12 heteroatoms. The van der Waals surface area contributed by atoms with E-state index in [-0.39, 0.29) is 41.1 Å². The summed E-state index contributed by atoms with van der Waals surface area (Å²) >= 11 is 0. The molecule has 0 spiro atoms. The van der Waals surface area contributed by atoms with Crippen LogP contribution in [-0.4, -0.2) is 63.7 Å². The van der Waals surface area contributed by atoms with E-state index >= 15 is 0 Å². The van der Waals surface area contributed by atoms with E-state index < -0.39 is 21.8 Å². The number of aromatic nitrogens is 1. The van der Waals surface area contributed by atoms with E-state index in [9.17, 15) is 26.4 Å². The number of benzene rings is 1. The maximum Gasteiger partial charge on any atom is 0.416 e. The van der Waals surface area contributed by atoms with Crippen molar-refractivity contribution in [1.82, 2.24) is 9.88 Å². The fraction of sp³-hybridized carbons (Fsp3) is 0.368. The Hall–Kier alpha value is -2.86. The number of morpholine rings is 1. The van der Waals surface area contributed by atoms with Crippen molar-refractivity contribution in [1.29, 1.82) is 0 Å². The number of rotatable bonds is 3. The van der Waals surface area contributed by atoms with Gasteiger partial charge in [0.25, 0.3) is 15.9 Å². The Morgan fingerprint density at radius 2 is 1.71 bits per heavy atom. The number of carbonyl (C=O) groups is 1. The second-order valence-corrected chi connectivity index (χ2v) is 8.76. The van der Waals surface area contributed by atoms with Gasteiger partial charge in [0.15, 0.2) is 0 Å². The van der Waals surface area contributed by atoms with Gasteiger partial charge in [-0.2, -0.15) is 13.2 Å². The SMILES string of the molecule is O=C(c1cnc2c(c1)N(S(=O)(=O)c1ccc(C(F)(F)F)cc1)CCO2)N1CCOCC1. The van der Waals surface area contributed by atoms with Crippen molar-refractivity contribution < 1.29 is 35.9 Å². The van der Waals surface area contributed by atoms with Crippen LogP contribution in [-0.2, 0) is 20.9 Å². The molecular weight excluding hydrogens is 439 g/mol. The van der Waals surface area contributed by atoms with Crippen molar-refractivity contribution in [2.75, 3.05) is 43.8 Å². The number of fused-ring (bicyclic) bond motifs is 1. The summed E-state index contributed by atoms with van der Waals surface area (Å²) in [5, 5.41) is 0. The first kappa shape index (κ1) is 21.4. The Morgan fingerprint density at radius 1 is 1.03 bits per heavy atom. The molecule has 1 amide bonds. The van der Waals surface area contributed by atoms with E-state index in [1.165, 1.54) is 12.3 Å². The average molecular weight is 457 g/mol. The van der Waals surface area contributed by atoms with Gasteiger partial charge in [0, 0.05) is 19.3 Å². The Kier molecular flexibility index (Phi) is 5.52. The quantitative estimate of drug-likeness (QED) is 0.702. The van der Waals surface area contributed by atoms with Crippen LogP contribution < -0.4 is 9.04 Å². The molecule has 0 aliphatic carbocycles. The zero-order valence-electron chi connectivity index (χ0n) is 16.1. The molecule has 0 unspecified atom stereocenters. The molecule has 0 atom stereocenters. The molecule has 0 radical (unpaired) electrons. The standard InChI is InChI=1S/C19H18F3N3O5S/c20-19(21,22)14-1-3-15(4-2-14)31(27,28)25-7-10-30-17-16(25)11-13(12-23-17)18(26)24-5-8-29-9-6-24/h1-4,11-12H,5-10H2.